The van der Waals surface area contributed by atoms with Crippen molar-refractivity contribution in [3.8, 4) is 0 Å². The van der Waals surface area contributed by atoms with E-state index in [1.165, 1.54) is 10.4 Å². The topological polar surface area (TPSA) is 59.1 Å². The van der Waals surface area contributed by atoms with Crippen LogP contribution in [0.5, 0.6) is 0 Å². The van der Waals surface area contributed by atoms with E-state index in [9.17, 15) is 9.59 Å². The minimum absolute atomic E-state index is 0.00990. The van der Waals surface area contributed by atoms with Crippen molar-refractivity contribution < 1.29 is 9.59 Å². The third-order valence-corrected chi connectivity index (χ3v) is 6.23. The number of anilines is 1. The number of carbonyl (C=O) groups excluding carboxylic acids is 2. The van der Waals surface area contributed by atoms with E-state index in [-0.39, 0.29) is 11.7 Å². The molecule has 136 valence electrons. The average Bonchev–Trinajstić information content (AvgIpc) is 3.06. The van der Waals surface area contributed by atoms with Crippen molar-refractivity contribution in [3.05, 3.63) is 82.0 Å². The highest BCUT2D eigenvalue weighted by molar-refractivity contribution is 7.17. The number of rotatable bonds is 4. The molecule has 0 saturated carbocycles. The highest BCUT2D eigenvalue weighted by Crippen LogP contribution is 2.42. The van der Waals surface area contributed by atoms with Gasteiger partial charge in [0.1, 0.15) is 5.00 Å². The predicted molar refractivity (Wildman–Crippen MR) is 108 cm³/mol. The molecule has 0 bridgehead atoms. The number of aromatic nitrogens is 1. The summed E-state index contributed by atoms with van der Waals surface area (Å²) in [5, 5.41) is 3.62. The van der Waals surface area contributed by atoms with Gasteiger partial charge in [-0.2, -0.15) is 0 Å². The zero-order valence-electron chi connectivity index (χ0n) is 15.1. The number of fused-ring (bicyclic) bond motifs is 1. The Morgan fingerprint density at radius 3 is 2.56 bits per heavy atom. The molecule has 0 spiro atoms. The van der Waals surface area contributed by atoms with E-state index >= 15 is 0 Å². The monoisotopic (exact) mass is 376 g/mol. The first kappa shape index (κ1) is 17.6. The Morgan fingerprint density at radius 2 is 1.85 bits per heavy atom. The second kappa shape index (κ2) is 7.45. The lowest BCUT2D eigenvalue weighted by molar-refractivity contribution is 0.101. The molecule has 1 aliphatic rings. The molecule has 2 heterocycles. The first-order chi connectivity index (χ1) is 13.1. The maximum absolute atomic E-state index is 12.5. The van der Waals surface area contributed by atoms with Gasteiger partial charge in [-0.25, -0.2) is 0 Å². The Morgan fingerprint density at radius 1 is 1.11 bits per heavy atom. The molecular formula is C22H20N2O2S. The van der Waals surface area contributed by atoms with Crippen LogP contribution >= 0.6 is 11.3 Å². The number of carbonyl (C=O) groups is 2. The fourth-order valence-electron chi connectivity index (χ4n) is 3.73. The second-order valence-electron chi connectivity index (χ2n) is 6.80. The largest absolute Gasteiger partial charge is 0.313 e. The number of pyridine rings is 1. The van der Waals surface area contributed by atoms with Gasteiger partial charge in [-0.15, -0.1) is 11.3 Å². The maximum atomic E-state index is 12.5. The molecule has 1 unspecified atom stereocenters. The van der Waals surface area contributed by atoms with E-state index in [1.807, 2.05) is 6.07 Å². The van der Waals surface area contributed by atoms with Gasteiger partial charge < -0.3 is 5.32 Å². The number of nitrogens with zero attached hydrogens (tertiary/aromatic N) is 1. The molecule has 1 amide bonds. The molecule has 1 N–H and O–H groups in total. The summed E-state index contributed by atoms with van der Waals surface area (Å²) < 4.78 is 0. The molecule has 0 aliphatic heterocycles. The summed E-state index contributed by atoms with van der Waals surface area (Å²) in [5.74, 6) is 0.259. The number of amides is 1. The van der Waals surface area contributed by atoms with Crippen LogP contribution in [0.2, 0.25) is 0 Å². The Bertz CT molecular complexity index is 980. The Balaban J connectivity index is 1.64. The summed E-state index contributed by atoms with van der Waals surface area (Å²) >= 11 is 1.54. The van der Waals surface area contributed by atoms with Gasteiger partial charge in [0.05, 0.1) is 5.56 Å². The summed E-state index contributed by atoms with van der Waals surface area (Å²) in [6, 6.07) is 13.8. The second-order valence-corrected chi connectivity index (χ2v) is 7.91. The summed E-state index contributed by atoms with van der Waals surface area (Å²) in [6.45, 7) is 1.58. The van der Waals surface area contributed by atoms with Crippen LogP contribution in [-0.4, -0.2) is 16.7 Å². The molecule has 4 nitrogen and oxygen atoms in total. The molecule has 1 aliphatic carbocycles. The smallest absolute Gasteiger partial charge is 0.256 e. The van der Waals surface area contributed by atoms with E-state index in [0.29, 0.717) is 22.0 Å². The Labute approximate surface area is 162 Å². The van der Waals surface area contributed by atoms with Gasteiger partial charge in [0.15, 0.2) is 5.78 Å². The highest BCUT2D eigenvalue weighted by Gasteiger charge is 2.28. The number of hydrogen-bond donors (Lipinski definition) is 1. The van der Waals surface area contributed by atoms with Gasteiger partial charge in [0.25, 0.3) is 5.91 Å². The standard InChI is InChI=1S/C22H20N2O2S/c1-14(25)20-18-8-7-17(15-5-3-2-4-6-15)13-19(18)27-22(20)24-21(26)16-9-11-23-12-10-16/h2-6,9-12,17H,7-8,13H2,1H3,(H,24,26). The number of ketones is 1. The molecule has 4 rings (SSSR count). The molecule has 3 aromatic rings. The predicted octanol–water partition coefficient (Wildman–Crippen LogP) is 4.87. The van der Waals surface area contributed by atoms with Crippen LogP contribution < -0.4 is 5.32 Å². The van der Waals surface area contributed by atoms with Crippen molar-refractivity contribution in [2.75, 3.05) is 5.32 Å². The number of hydrogen-bond acceptors (Lipinski definition) is 4. The van der Waals surface area contributed by atoms with Crippen LogP contribution in [0.4, 0.5) is 5.00 Å². The lowest BCUT2D eigenvalue weighted by Crippen LogP contribution is -2.14. The SMILES string of the molecule is CC(=O)c1c(NC(=O)c2ccncc2)sc2c1CCC(c1ccccc1)C2. The van der Waals surface area contributed by atoms with Gasteiger partial charge in [0, 0.05) is 22.8 Å². The van der Waals surface area contributed by atoms with E-state index in [2.05, 4.69) is 34.6 Å². The van der Waals surface area contributed by atoms with Gasteiger partial charge in [-0.05, 0) is 55.4 Å². The quantitative estimate of drug-likeness (QED) is 0.661. The first-order valence-electron chi connectivity index (χ1n) is 9.05. The fourth-order valence-corrected chi connectivity index (χ4v) is 5.11. The van der Waals surface area contributed by atoms with E-state index in [4.69, 9.17) is 0 Å². The third kappa shape index (κ3) is 3.55. The molecule has 2 aromatic heterocycles. The first-order valence-corrected chi connectivity index (χ1v) is 9.87. The van der Waals surface area contributed by atoms with Gasteiger partial charge in [0.2, 0.25) is 0 Å². The van der Waals surface area contributed by atoms with E-state index in [0.717, 1.165) is 24.8 Å². The zero-order chi connectivity index (χ0) is 18.8. The molecule has 5 heteroatoms. The van der Waals surface area contributed by atoms with Crippen molar-refractivity contribution >= 4 is 28.0 Å². The van der Waals surface area contributed by atoms with Crippen molar-refractivity contribution in [1.29, 1.82) is 0 Å². The molecule has 0 radical (unpaired) electrons. The van der Waals surface area contributed by atoms with Gasteiger partial charge in [-0.1, -0.05) is 30.3 Å². The normalized spacial score (nSPS) is 15.8. The minimum atomic E-state index is -0.210. The summed E-state index contributed by atoms with van der Waals surface area (Å²) in [7, 11) is 0. The molecular weight excluding hydrogens is 356 g/mol. The van der Waals surface area contributed by atoms with E-state index < -0.39 is 0 Å². The molecule has 1 aromatic carbocycles. The van der Waals surface area contributed by atoms with Crippen LogP contribution in [0.1, 0.15) is 56.0 Å². The number of Topliss-reactive ketones (excluding diaryl/α,β-unsaturated/α-hetero) is 1. The van der Waals surface area contributed by atoms with Crippen molar-refractivity contribution in [2.45, 2.75) is 32.1 Å². The highest BCUT2D eigenvalue weighted by atomic mass is 32.1. The Hall–Kier alpha value is -2.79. The van der Waals surface area contributed by atoms with Gasteiger partial charge >= 0.3 is 0 Å². The van der Waals surface area contributed by atoms with E-state index in [1.54, 1.807) is 42.8 Å². The van der Waals surface area contributed by atoms with Crippen LogP contribution in [0.15, 0.2) is 54.9 Å². The van der Waals surface area contributed by atoms with Crippen LogP contribution in [0, 0.1) is 0 Å². The summed E-state index contributed by atoms with van der Waals surface area (Å²) in [5.41, 5.74) is 3.67. The summed E-state index contributed by atoms with van der Waals surface area (Å²) in [6.07, 6.45) is 5.97. The maximum Gasteiger partial charge on any atom is 0.256 e. The average molecular weight is 376 g/mol. The van der Waals surface area contributed by atoms with Crippen LogP contribution in [0.25, 0.3) is 0 Å². The number of thiophene rings is 1. The molecule has 0 saturated heterocycles. The minimum Gasteiger partial charge on any atom is -0.313 e. The number of benzene rings is 1. The van der Waals surface area contributed by atoms with Crippen molar-refractivity contribution in [2.24, 2.45) is 0 Å². The summed E-state index contributed by atoms with van der Waals surface area (Å²) in [4.78, 5) is 30.0. The zero-order valence-corrected chi connectivity index (χ0v) is 15.9. The van der Waals surface area contributed by atoms with Crippen LogP contribution in [-0.2, 0) is 12.8 Å². The molecule has 0 fully saturated rings. The Kier molecular flexibility index (Phi) is 4.86. The fraction of sp³-hybridized carbons (Fsp3) is 0.227. The lowest BCUT2D eigenvalue weighted by Gasteiger charge is -2.22. The third-order valence-electron chi connectivity index (χ3n) is 5.06. The molecule has 1 atom stereocenters. The van der Waals surface area contributed by atoms with Crippen molar-refractivity contribution in [1.82, 2.24) is 4.98 Å². The molecule has 27 heavy (non-hydrogen) atoms. The van der Waals surface area contributed by atoms with Crippen molar-refractivity contribution in [3.63, 3.8) is 0 Å². The van der Waals surface area contributed by atoms with Gasteiger partial charge in [-0.3, -0.25) is 14.6 Å². The lowest BCUT2D eigenvalue weighted by atomic mass is 9.82. The number of nitrogens with one attached hydrogen (secondary N) is 1. The van der Waals surface area contributed by atoms with Crippen LogP contribution in [0.3, 0.4) is 0 Å².